The van der Waals surface area contributed by atoms with Crippen LogP contribution >= 0.6 is 0 Å². The molecule has 6 N–H and O–H groups in total. The first-order chi connectivity index (χ1) is 8.56. The standard InChI is InChI=1S/C12H22N6/c1-7-3-8(2)5-9(4-7)15-10-6-11(18-14)17-12(13)16-10/h6-9H,3-5,14H2,1-2H3,(H4,13,15,16,17,18). The Bertz CT molecular complexity index is 398. The molecule has 0 amide bonds. The first-order valence-corrected chi connectivity index (χ1v) is 6.44. The fraction of sp³-hybridized carbons (Fsp3) is 0.667. The Kier molecular flexibility index (Phi) is 3.86. The average Bonchev–Trinajstić information content (AvgIpc) is 2.26. The Morgan fingerprint density at radius 1 is 1.11 bits per heavy atom. The van der Waals surface area contributed by atoms with E-state index in [0.29, 0.717) is 11.9 Å². The predicted molar refractivity (Wildman–Crippen MR) is 73.8 cm³/mol. The number of hydrazine groups is 1. The van der Waals surface area contributed by atoms with Gasteiger partial charge in [-0.15, -0.1) is 0 Å². The lowest BCUT2D eigenvalue weighted by Crippen LogP contribution is -2.30. The van der Waals surface area contributed by atoms with E-state index in [1.807, 2.05) is 0 Å². The van der Waals surface area contributed by atoms with Crippen LogP contribution in [-0.4, -0.2) is 16.0 Å². The highest BCUT2D eigenvalue weighted by Crippen LogP contribution is 2.30. The van der Waals surface area contributed by atoms with E-state index in [2.05, 4.69) is 34.6 Å². The zero-order valence-corrected chi connectivity index (χ0v) is 11.0. The van der Waals surface area contributed by atoms with E-state index < -0.39 is 0 Å². The van der Waals surface area contributed by atoms with Crippen LogP contribution < -0.4 is 22.3 Å². The van der Waals surface area contributed by atoms with Gasteiger partial charge in [0, 0.05) is 12.1 Å². The first kappa shape index (κ1) is 12.9. The second-order valence-electron chi connectivity index (χ2n) is 5.40. The van der Waals surface area contributed by atoms with Crippen LogP contribution in [0.4, 0.5) is 17.6 Å². The van der Waals surface area contributed by atoms with Crippen LogP contribution in [0.15, 0.2) is 6.07 Å². The second kappa shape index (κ2) is 5.39. The summed E-state index contributed by atoms with van der Waals surface area (Å²) in [5.41, 5.74) is 8.13. The monoisotopic (exact) mass is 250 g/mol. The van der Waals surface area contributed by atoms with Crippen LogP contribution in [0.2, 0.25) is 0 Å². The summed E-state index contributed by atoms with van der Waals surface area (Å²) in [5.74, 6) is 8.33. The summed E-state index contributed by atoms with van der Waals surface area (Å²) in [6.45, 7) is 4.59. The van der Waals surface area contributed by atoms with E-state index in [1.54, 1.807) is 6.07 Å². The maximum Gasteiger partial charge on any atom is 0.223 e. The molecular formula is C12H22N6. The van der Waals surface area contributed by atoms with Crippen LogP contribution in [0, 0.1) is 11.8 Å². The van der Waals surface area contributed by atoms with Crippen LogP contribution in [0.3, 0.4) is 0 Å². The molecule has 1 heterocycles. The molecule has 1 aromatic rings. The predicted octanol–water partition coefficient (Wildman–Crippen LogP) is 1.58. The number of nitrogens with zero attached hydrogens (tertiary/aromatic N) is 2. The van der Waals surface area contributed by atoms with E-state index in [1.165, 1.54) is 19.3 Å². The molecule has 18 heavy (non-hydrogen) atoms. The van der Waals surface area contributed by atoms with Crippen LogP contribution in [0.1, 0.15) is 33.1 Å². The number of nitrogens with one attached hydrogen (secondary N) is 2. The summed E-state index contributed by atoms with van der Waals surface area (Å²) < 4.78 is 0. The Morgan fingerprint density at radius 2 is 1.72 bits per heavy atom. The fourth-order valence-electron chi connectivity index (χ4n) is 2.89. The summed E-state index contributed by atoms with van der Waals surface area (Å²) in [4.78, 5) is 8.15. The highest BCUT2D eigenvalue weighted by molar-refractivity contribution is 5.50. The smallest absolute Gasteiger partial charge is 0.223 e. The Balaban J connectivity index is 2.06. The van der Waals surface area contributed by atoms with Gasteiger partial charge in [0.05, 0.1) is 0 Å². The average molecular weight is 250 g/mol. The third kappa shape index (κ3) is 3.22. The molecule has 0 spiro atoms. The van der Waals surface area contributed by atoms with Crippen molar-refractivity contribution < 1.29 is 0 Å². The Hall–Kier alpha value is -1.56. The third-order valence-corrected chi connectivity index (χ3v) is 3.42. The van der Waals surface area contributed by atoms with Gasteiger partial charge in [-0.3, -0.25) is 0 Å². The summed E-state index contributed by atoms with van der Waals surface area (Å²) in [5, 5.41) is 3.43. The van der Waals surface area contributed by atoms with E-state index in [-0.39, 0.29) is 5.95 Å². The molecule has 6 heteroatoms. The van der Waals surface area contributed by atoms with Crippen molar-refractivity contribution in [3.05, 3.63) is 6.07 Å². The van der Waals surface area contributed by atoms with Crippen molar-refractivity contribution in [2.45, 2.75) is 39.2 Å². The van der Waals surface area contributed by atoms with Crippen molar-refractivity contribution in [2.24, 2.45) is 17.7 Å². The molecule has 1 aromatic heterocycles. The normalized spacial score (nSPS) is 27.8. The number of nitrogens with two attached hydrogens (primary N) is 2. The summed E-state index contributed by atoms with van der Waals surface area (Å²) in [7, 11) is 0. The first-order valence-electron chi connectivity index (χ1n) is 6.44. The summed E-state index contributed by atoms with van der Waals surface area (Å²) >= 11 is 0. The van der Waals surface area contributed by atoms with Gasteiger partial charge in [0.25, 0.3) is 0 Å². The number of anilines is 3. The largest absolute Gasteiger partial charge is 0.368 e. The molecule has 1 fully saturated rings. The molecule has 2 unspecified atom stereocenters. The van der Waals surface area contributed by atoms with Gasteiger partial charge < -0.3 is 16.5 Å². The molecule has 0 bridgehead atoms. The van der Waals surface area contributed by atoms with Crippen LogP contribution in [0.25, 0.3) is 0 Å². The maximum absolute atomic E-state index is 5.64. The zero-order valence-electron chi connectivity index (χ0n) is 11.0. The minimum absolute atomic E-state index is 0.227. The summed E-state index contributed by atoms with van der Waals surface area (Å²) in [6.07, 6.45) is 3.64. The molecule has 0 radical (unpaired) electrons. The maximum atomic E-state index is 5.64. The van der Waals surface area contributed by atoms with E-state index in [0.717, 1.165) is 17.7 Å². The number of rotatable bonds is 3. The van der Waals surface area contributed by atoms with Gasteiger partial charge in [-0.1, -0.05) is 13.8 Å². The van der Waals surface area contributed by atoms with Gasteiger partial charge in [0.15, 0.2) is 0 Å². The van der Waals surface area contributed by atoms with Gasteiger partial charge in [-0.05, 0) is 31.1 Å². The van der Waals surface area contributed by atoms with Gasteiger partial charge in [-0.2, -0.15) is 9.97 Å². The topological polar surface area (TPSA) is 102 Å². The lowest BCUT2D eigenvalue weighted by Gasteiger charge is -2.32. The minimum Gasteiger partial charge on any atom is -0.368 e. The highest BCUT2D eigenvalue weighted by atomic mass is 15.3. The van der Waals surface area contributed by atoms with Crippen molar-refractivity contribution in [3.63, 3.8) is 0 Å². The number of hydrogen-bond donors (Lipinski definition) is 4. The Morgan fingerprint density at radius 3 is 2.33 bits per heavy atom. The molecule has 1 saturated carbocycles. The number of hydrogen-bond acceptors (Lipinski definition) is 6. The lowest BCUT2D eigenvalue weighted by atomic mass is 9.80. The molecule has 100 valence electrons. The molecule has 0 saturated heterocycles. The van der Waals surface area contributed by atoms with Gasteiger partial charge in [0.2, 0.25) is 5.95 Å². The fourth-order valence-corrected chi connectivity index (χ4v) is 2.89. The van der Waals surface area contributed by atoms with Gasteiger partial charge in [0.1, 0.15) is 11.6 Å². The van der Waals surface area contributed by atoms with Crippen molar-refractivity contribution in [2.75, 3.05) is 16.5 Å². The molecule has 0 aromatic carbocycles. The molecule has 1 aliphatic carbocycles. The molecule has 0 aliphatic heterocycles. The molecule has 2 atom stereocenters. The third-order valence-electron chi connectivity index (χ3n) is 3.42. The van der Waals surface area contributed by atoms with Crippen molar-refractivity contribution in [1.29, 1.82) is 0 Å². The number of aromatic nitrogens is 2. The van der Waals surface area contributed by atoms with Gasteiger partial charge in [-0.25, -0.2) is 5.84 Å². The minimum atomic E-state index is 0.227. The second-order valence-corrected chi connectivity index (χ2v) is 5.40. The van der Waals surface area contributed by atoms with Crippen molar-refractivity contribution in [1.82, 2.24) is 9.97 Å². The van der Waals surface area contributed by atoms with Crippen molar-refractivity contribution in [3.8, 4) is 0 Å². The SMILES string of the molecule is CC1CC(C)CC(Nc2cc(NN)nc(N)n2)C1. The molecule has 2 rings (SSSR count). The molecular weight excluding hydrogens is 228 g/mol. The zero-order chi connectivity index (χ0) is 13.1. The lowest BCUT2D eigenvalue weighted by molar-refractivity contribution is 0.280. The van der Waals surface area contributed by atoms with Gasteiger partial charge >= 0.3 is 0 Å². The highest BCUT2D eigenvalue weighted by Gasteiger charge is 2.24. The summed E-state index contributed by atoms with van der Waals surface area (Å²) in [6, 6.07) is 2.23. The Labute approximate surface area is 108 Å². The van der Waals surface area contributed by atoms with Crippen molar-refractivity contribution >= 4 is 17.6 Å². The van der Waals surface area contributed by atoms with E-state index in [4.69, 9.17) is 11.6 Å². The van der Waals surface area contributed by atoms with Crippen LogP contribution in [-0.2, 0) is 0 Å². The quantitative estimate of drug-likeness (QED) is 0.480. The number of nitrogen functional groups attached to an aromatic ring is 2. The van der Waals surface area contributed by atoms with Crippen LogP contribution in [0.5, 0.6) is 0 Å². The van der Waals surface area contributed by atoms with E-state index in [9.17, 15) is 0 Å². The molecule has 6 nitrogen and oxygen atoms in total. The van der Waals surface area contributed by atoms with E-state index >= 15 is 0 Å². The molecule has 1 aliphatic rings.